The van der Waals surface area contributed by atoms with Gasteiger partial charge in [-0.1, -0.05) is 12.1 Å². The fraction of sp³-hybridized carbons (Fsp3) is 0.462. The molecule has 0 aromatic heterocycles. The molecule has 4 nitrogen and oxygen atoms in total. The number of thioether (sulfide) groups is 1. The molecule has 1 aromatic rings. The van der Waals surface area contributed by atoms with Crippen LogP contribution in [0.2, 0.25) is 0 Å². The maximum absolute atomic E-state index is 12.0. The van der Waals surface area contributed by atoms with E-state index in [0.29, 0.717) is 5.75 Å². The van der Waals surface area contributed by atoms with Gasteiger partial charge in [0.05, 0.1) is 0 Å². The van der Waals surface area contributed by atoms with Crippen LogP contribution in [0.4, 0.5) is 13.2 Å². The quantitative estimate of drug-likeness (QED) is 0.842. The van der Waals surface area contributed by atoms with Crippen LogP contribution >= 0.6 is 11.8 Å². The Labute approximate surface area is 124 Å². The Morgan fingerprint density at radius 3 is 2.29 bits per heavy atom. The van der Waals surface area contributed by atoms with Crippen molar-refractivity contribution in [3.63, 3.8) is 0 Å². The van der Waals surface area contributed by atoms with Gasteiger partial charge in [0.25, 0.3) is 0 Å². The largest absolute Gasteiger partial charge is 0.573 e. The molecular formula is C13H16F3NO3S. The molecule has 0 radical (unpaired) electrons. The van der Waals surface area contributed by atoms with Gasteiger partial charge in [-0.3, -0.25) is 4.79 Å². The van der Waals surface area contributed by atoms with Crippen molar-refractivity contribution in [2.45, 2.75) is 36.8 Å². The Morgan fingerprint density at radius 1 is 1.33 bits per heavy atom. The Kier molecular flexibility index (Phi) is 5.52. The molecule has 0 aliphatic carbocycles. The first-order valence-corrected chi connectivity index (χ1v) is 6.97. The minimum absolute atomic E-state index is 0.294. The fourth-order valence-corrected chi connectivity index (χ4v) is 2.46. The summed E-state index contributed by atoms with van der Waals surface area (Å²) >= 11 is 1.32. The van der Waals surface area contributed by atoms with Crippen LogP contribution in [-0.4, -0.2) is 28.2 Å². The van der Waals surface area contributed by atoms with Crippen molar-refractivity contribution in [3.8, 4) is 5.75 Å². The molecule has 0 unspecified atom stereocenters. The monoisotopic (exact) mass is 323 g/mol. The molecule has 0 aliphatic heterocycles. The third-order valence-electron chi connectivity index (χ3n) is 2.78. The average molecular weight is 323 g/mol. The number of halogens is 3. The summed E-state index contributed by atoms with van der Waals surface area (Å²) in [5.74, 6) is -0.959. The van der Waals surface area contributed by atoms with Crippen molar-refractivity contribution in [2.75, 3.05) is 0 Å². The highest BCUT2D eigenvalue weighted by Crippen LogP contribution is 2.31. The first kappa shape index (κ1) is 17.6. The second-order valence-electron chi connectivity index (χ2n) is 4.90. The molecule has 0 spiro atoms. The van der Waals surface area contributed by atoms with Crippen LogP contribution in [-0.2, 0) is 10.5 Å². The van der Waals surface area contributed by atoms with Crippen LogP contribution in [0, 0.1) is 0 Å². The minimum atomic E-state index is -4.72. The van der Waals surface area contributed by atoms with Crippen molar-refractivity contribution in [1.29, 1.82) is 0 Å². The lowest BCUT2D eigenvalue weighted by molar-refractivity contribution is -0.274. The number of aliphatic carboxylic acids is 1. The van der Waals surface area contributed by atoms with Gasteiger partial charge in [0.1, 0.15) is 11.8 Å². The van der Waals surface area contributed by atoms with E-state index >= 15 is 0 Å². The zero-order valence-corrected chi connectivity index (χ0v) is 12.3. The predicted molar refractivity (Wildman–Crippen MR) is 74.1 cm³/mol. The molecule has 0 saturated carbocycles. The van der Waals surface area contributed by atoms with E-state index in [0.717, 1.165) is 5.56 Å². The molecule has 0 fully saturated rings. The number of benzene rings is 1. The van der Waals surface area contributed by atoms with Gasteiger partial charge in [0, 0.05) is 10.5 Å². The minimum Gasteiger partial charge on any atom is -0.480 e. The van der Waals surface area contributed by atoms with Crippen LogP contribution in [0.15, 0.2) is 24.3 Å². The van der Waals surface area contributed by atoms with E-state index in [4.69, 9.17) is 10.8 Å². The molecular weight excluding hydrogens is 307 g/mol. The Balaban J connectivity index is 2.63. The van der Waals surface area contributed by atoms with Gasteiger partial charge in [-0.15, -0.1) is 24.9 Å². The Morgan fingerprint density at radius 2 is 1.86 bits per heavy atom. The van der Waals surface area contributed by atoms with E-state index in [1.54, 1.807) is 13.8 Å². The van der Waals surface area contributed by atoms with Crippen LogP contribution < -0.4 is 10.5 Å². The highest BCUT2D eigenvalue weighted by Gasteiger charge is 2.33. The van der Waals surface area contributed by atoms with Gasteiger partial charge in [0.2, 0.25) is 0 Å². The van der Waals surface area contributed by atoms with Gasteiger partial charge in [-0.05, 0) is 31.5 Å². The van der Waals surface area contributed by atoms with E-state index in [9.17, 15) is 18.0 Å². The first-order valence-electron chi connectivity index (χ1n) is 5.98. The molecule has 8 heteroatoms. The normalized spacial score (nSPS) is 13.8. The second-order valence-corrected chi connectivity index (χ2v) is 6.53. The highest BCUT2D eigenvalue weighted by atomic mass is 32.2. The molecule has 0 aliphatic rings. The molecule has 1 aromatic carbocycles. The summed E-state index contributed by atoms with van der Waals surface area (Å²) in [6.07, 6.45) is -4.72. The standard InChI is InChI=1S/C13H16F3NO3S/c1-12(2,10(17)11(18)19)21-7-8-3-5-9(6-4-8)20-13(14,15)16/h3-6,10H,7,17H2,1-2H3,(H,18,19)/t10-/m1/s1. The molecule has 0 bridgehead atoms. The lowest BCUT2D eigenvalue weighted by atomic mass is 10.1. The number of carbonyl (C=O) groups is 1. The number of hydrogen-bond donors (Lipinski definition) is 2. The molecule has 1 rings (SSSR count). The number of alkyl halides is 3. The fourth-order valence-electron chi connectivity index (χ4n) is 1.44. The first-order chi connectivity index (χ1) is 9.51. The SMILES string of the molecule is CC(C)(SCc1ccc(OC(F)(F)F)cc1)[C@H](N)C(=O)O. The summed E-state index contributed by atoms with van der Waals surface area (Å²) in [6, 6.07) is 4.39. The molecule has 21 heavy (non-hydrogen) atoms. The van der Waals surface area contributed by atoms with E-state index < -0.39 is 23.1 Å². The van der Waals surface area contributed by atoms with Crippen molar-refractivity contribution < 1.29 is 27.8 Å². The van der Waals surface area contributed by atoms with E-state index in [-0.39, 0.29) is 5.75 Å². The summed E-state index contributed by atoms with van der Waals surface area (Å²) in [7, 11) is 0. The highest BCUT2D eigenvalue weighted by molar-refractivity contribution is 7.99. The summed E-state index contributed by atoms with van der Waals surface area (Å²) in [4.78, 5) is 10.9. The molecule has 0 amide bonds. The number of carboxylic acid groups (broad SMARTS) is 1. The number of nitrogens with two attached hydrogens (primary N) is 1. The lowest BCUT2D eigenvalue weighted by Gasteiger charge is -2.28. The summed E-state index contributed by atoms with van der Waals surface area (Å²) in [5, 5.41) is 8.90. The third-order valence-corrected chi connectivity index (χ3v) is 4.26. The molecule has 3 N–H and O–H groups in total. The van der Waals surface area contributed by atoms with Gasteiger partial charge in [-0.25, -0.2) is 0 Å². The molecule has 0 heterocycles. The number of hydrogen-bond acceptors (Lipinski definition) is 4. The molecule has 1 atom stereocenters. The average Bonchev–Trinajstić information content (AvgIpc) is 2.35. The molecule has 118 valence electrons. The van der Waals surface area contributed by atoms with E-state index in [1.165, 1.54) is 36.0 Å². The summed E-state index contributed by atoms with van der Waals surface area (Å²) in [6.45, 7) is 3.41. The molecule has 0 saturated heterocycles. The zero-order chi connectivity index (χ0) is 16.3. The topological polar surface area (TPSA) is 72.5 Å². The third kappa shape index (κ3) is 5.84. The Bertz CT molecular complexity index is 488. The second kappa shape index (κ2) is 6.57. The summed E-state index contributed by atoms with van der Waals surface area (Å²) in [5.41, 5.74) is 6.34. The van der Waals surface area contributed by atoms with Crippen molar-refractivity contribution >= 4 is 17.7 Å². The van der Waals surface area contributed by atoms with Gasteiger partial charge in [0.15, 0.2) is 0 Å². The van der Waals surface area contributed by atoms with E-state index in [2.05, 4.69) is 4.74 Å². The maximum atomic E-state index is 12.0. The lowest BCUT2D eigenvalue weighted by Crippen LogP contribution is -2.46. The van der Waals surface area contributed by atoms with Crippen LogP contribution in [0.5, 0.6) is 5.75 Å². The predicted octanol–water partition coefficient (Wildman–Crippen LogP) is 3.01. The maximum Gasteiger partial charge on any atom is 0.573 e. The van der Waals surface area contributed by atoms with Gasteiger partial charge in [-0.2, -0.15) is 0 Å². The smallest absolute Gasteiger partial charge is 0.480 e. The van der Waals surface area contributed by atoms with Crippen molar-refractivity contribution in [1.82, 2.24) is 0 Å². The van der Waals surface area contributed by atoms with Gasteiger partial charge >= 0.3 is 12.3 Å². The number of rotatable bonds is 6. The van der Waals surface area contributed by atoms with Crippen molar-refractivity contribution in [2.24, 2.45) is 5.73 Å². The number of carboxylic acids is 1. The van der Waals surface area contributed by atoms with Crippen LogP contribution in [0.1, 0.15) is 19.4 Å². The number of ether oxygens (including phenoxy) is 1. The van der Waals surface area contributed by atoms with Crippen LogP contribution in [0.3, 0.4) is 0 Å². The van der Waals surface area contributed by atoms with Crippen LogP contribution in [0.25, 0.3) is 0 Å². The zero-order valence-electron chi connectivity index (χ0n) is 11.5. The van der Waals surface area contributed by atoms with Gasteiger partial charge < -0.3 is 15.6 Å². The van der Waals surface area contributed by atoms with Crippen molar-refractivity contribution in [3.05, 3.63) is 29.8 Å². The van der Waals surface area contributed by atoms with E-state index in [1.807, 2.05) is 0 Å². The summed E-state index contributed by atoms with van der Waals surface area (Å²) < 4.78 is 39.1. The Hall–Kier alpha value is -1.41.